The Morgan fingerprint density at radius 1 is 1.07 bits per heavy atom. The lowest BCUT2D eigenvalue weighted by Gasteiger charge is -2.36. The van der Waals surface area contributed by atoms with Crippen LogP contribution in [0.25, 0.3) is 10.8 Å². The fourth-order valence-electron chi connectivity index (χ4n) is 6.11. The van der Waals surface area contributed by atoms with E-state index in [2.05, 4.69) is 10.6 Å². The number of carbonyl (C=O) groups excluding carboxylic acids is 4. The monoisotopic (exact) mass is 589 g/mol. The van der Waals surface area contributed by atoms with Crippen LogP contribution in [0.5, 0.6) is 0 Å². The van der Waals surface area contributed by atoms with Crippen molar-refractivity contribution in [2.75, 3.05) is 19.6 Å². The molecule has 2 aliphatic heterocycles. The van der Waals surface area contributed by atoms with Gasteiger partial charge in [0.05, 0.1) is 12.6 Å². The van der Waals surface area contributed by atoms with Gasteiger partial charge in [0, 0.05) is 24.0 Å². The number of rotatable bonds is 8. The van der Waals surface area contributed by atoms with Crippen LogP contribution in [0.3, 0.4) is 0 Å². The van der Waals surface area contributed by atoms with Gasteiger partial charge < -0.3 is 26.2 Å². The van der Waals surface area contributed by atoms with E-state index in [1.807, 2.05) is 49.4 Å². The van der Waals surface area contributed by atoms with Crippen LogP contribution in [-0.4, -0.2) is 71.2 Å². The Morgan fingerprint density at radius 2 is 1.83 bits per heavy atom. The molecule has 3 aromatic rings. The van der Waals surface area contributed by atoms with Gasteiger partial charge in [-0.1, -0.05) is 66.2 Å². The molecule has 0 saturated carbocycles. The average molecular weight is 590 g/mol. The summed E-state index contributed by atoms with van der Waals surface area (Å²) in [5.74, 6) is -1.66. The quantitative estimate of drug-likeness (QED) is 0.373. The van der Waals surface area contributed by atoms with Crippen molar-refractivity contribution in [1.82, 2.24) is 20.4 Å². The predicted octanol–water partition coefficient (Wildman–Crippen LogP) is 2.95. The smallest absolute Gasteiger partial charge is 0.250 e. The van der Waals surface area contributed by atoms with Crippen LogP contribution in [0.4, 0.5) is 0 Å². The number of carbonyl (C=O) groups is 4. The largest absolute Gasteiger partial charge is 0.368 e. The highest BCUT2D eigenvalue weighted by molar-refractivity contribution is 6.30. The third-order valence-electron chi connectivity index (χ3n) is 8.30. The molecule has 4 atom stereocenters. The topological polar surface area (TPSA) is 125 Å². The molecule has 4 amide bonds. The Kier molecular flexibility index (Phi) is 9.09. The molecule has 9 nitrogen and oxygen atoms in total. The zero-order chi connectivity index (χ0) is 29.8. The highest BCUT2D eigenvalue weighted by Crippen LogP contribution is 2.33. The van der Waals surface area contributed by atoms with Crippen LogP contribution < -0.4 is 16.4 Å². The standard InChI is InChI=1S/C32H36ClN5O4/c1-20-14-16-37(27(30(34)40)18-22-9-4-8-21-7-2-3-12-25(21)22)32(42)29(23-10-5-11-24(33)17-23)38(20)28(39)19-36-31(41)26-13-6-15-35-26/h2-5,7-12,17,20,26-27,29,35H,6,13-16,18-19H2,1H3,(H2,34,40)(H,36,41)/t20-,26-,27-,29+/m1/s1. The summed E-state index contributed by atoms with van der Waals surface area (Å²) in [4.78, 5) is 56.8. The van der Waals surface area contributed by atoms with Gasteiger partial charge in [0.15, 0.2) is 0 Å². The number of nitrogens with zero attached hydrogens (tertiary/aromatic N) is 2. The highest BCUT2D eigenvalue weighted by atomic mass is 35.5. The fourth-order valence-corrected chi connectivity index (χ4v) is 6.31. The van der Waals surface area contributed by atoms with E-state index in [4.69, 9.17) is 17.3 Å². The maximum Gasteiger partial charge on any atom is 0.250 e. The normalized spacial score (nSPS) is 21.7. The van der Waals surface area contributed by atoms with E-state index in [0.717, 1.165) is 29.3 Å². The van der Waals surface area contributed by atoms with E-state index in [1.54, 1.807) is 24.3 Å². The molecule has 0 radical (unpaired) electrons. The molecule has 2 heterocycles. The first kappa shape index (κ1) is 29.5. The van der Waals surface area contributed by atoms with Gasteiger partial charge in [-0.25, -0.2) is 0 Å². The minimum atomic E-state index is -1.05. The second kappa shape index (κ2) is 12.9. The summed E-state index contributed by atoms with van der Waals surface area (Å²) in [7, 11) is 0. The SMILES string of the molecule is C[C@@H]1CCN([C@H](Cc2cccc3ccccc23)C(N)=O)C(=O)[C@H](c2cccc(Cl)c2)N1C(=O)CNC(=O)[C@H]1CCCN1. The van der Waals surface area contributed by atoms with Crippen molar-refractivity contribution in [2.45, 2.75) is 56.8 Å². The zero-order valence-electron chi connectivity index (χ0n) is 23.6. The summed E-state index contributed by atoms with van der Waals surface area (Å²) in [6.45, 7) is 2.62. The van der Waals surface area contributed by atoms with Crippen molar-refractivity contribution in [3.8, 4) is 0 Å². The number of hydrogen-bond donors (Lipinski definition) is 3. The van der Waals surface area contributed by atoms with Gasteiger partial charge in [-0.2, -0.15) is 0 Å². The summed E-state index contributed by atoms with van der Waals surface area (Å²) in [5.41, 5.74) is 7.39. The lowest BCUT2D eigenvalue weighted by molar-refractivity contribution is -0.148. The van der Waals surface area contributed by atoms with Crippen molar-refractivity contribution in [3.05, 3.63) is 82.9 Å². The molecule has 42 heavy (non-hydrogen) atoms. The van der Waals surface area contributed by atoms with Gasteiger partial charge in [-0.3, -0.25) is 19.2 Å². The third-order valence-corrected chi connectivity index (χ3v) is 8.53. The lowest BCUT2D eigenvalue weighted by Crippen LogP contribution is -2.53. The molecule has 5 rings (SSSR count). The molecule has 2 aliphatic rings. The summed E-state index contributed by atoms with van der Waals surface area (Å²) in [6, 6.07) is 17.9. The first-order valence-corrected chi connectivity index (χ1v) is 14.8. The molecule has 0 aromatic heterocycles. The van der Waals surface area contributed by atoms with Crippen LogP contribution >= 0.6 is 11.6 Å². The summed E-state index contributed by atoms with van der Waals surface area (Å²) in [5, 5.41) is 8.30. The number of primary amides is 1. The maximum absolute atomic E-state index is 14.4. The number of benzene rings is 3. The number of hydrogen-bond acceptors (Lipinski definition) is 5. The van der Waals surface area contributed by atoms with Gasteiger partial charge in [0.25, 0.3) is 5.91 Å². The average Bonchev–Trinajstić information content (AvgIpc) is 3.49. The molecule has 10 heteroatoms. The summed E-state index contributed by atoms with van der Waals surface area (Å²) >= 11 is 6.34. The minimum absolute atomic E-state index is 0.234. The second-order valence-corrected chi connectivity index (χ2v) is 11.5. The molecule has 0 unspecified atom stereocenters. The van der Waals surface area contributed by atoms with Gasteiger partial charge >= 0.3 is 0 Å². The second-order valence-electron chi connectivity index (χ2n) is 11.1. The van der Waals surface area contributed by atoms with Crippen LogP contribution in [0.15, 0.2) is 66.7 Å². The van der Waals surface area contributed by atoms with E-state index >= 15 is 0 Å². The Labute approximate surface area is 250 Å². The predicted molar refractivity (Wildman–Crippen MR) is 161 cm³/mol. The highest BCUT2D eigenvalue weighted by Gasteiger charge is 2.43. The number of amides is 4. The van der Waals surface area contributed by atoms with Crippen molar-refractivity contribution < 1.29 is 19.2 Å². The molecular formula is C32H36ClN5O4. The van der Waals surface area contributed by atoms with E-state index in [9.17, 15) is 19.2 Å². The van der Waals surface area contributed by atoms with Crippen molar-refractivity contribution in [1.29, 1.82) is 0 Å². The van der Waals surface area contributed by atoms with Crippen LogP contribution in [0, 0.1) is 0 Å². The molecule has 2 fully saturated rings. The van der Waals surface area contributed by atoms with Crippen LogP contribution in [0.2, 0.25) is 5.02 Å². The molecule has 0 spiro atoms. The minimum Gasteiger partial charge on any atom is -0.368 e. The van der Waals surface area contributed by atoms with E-state index in [1.165, 1.54) is 9.80 Å². The van der Waals surface area contributed by atoms with Gasteiger partial charge in [-0.05, 0) is 66.8 Å². The molecule has 0 bridgehead atoms. The molecule has 4 N–H and O–H groups in total. The van der Waals surface area contributed by atoms with Crippen molar-refractivity contribution >= 4 is 46.0 Å². The van der Waals surface area contributed by atoms with Gasteiger partial charge in [0.2, 0.25) is 17.7 Å². The Hall–Kier alpha value is -3.95. The molecular weight excluding hydrogens is 554 g/mol. The van der Waals surface area contributed by atoms with Crippen molar-refractivity contribution in [3.63, 3.8) is 0 Å². The fraction of sp³-hybridized carbons (Fsp3) is 0.375. The zero-order valence-corrected chi connectivity index (χ0v) is 24.3. The molecule has 0 aliphatic carbocycles. The lowest BCUT2D eigenvalue weighted by atomic mass is 9.96. The van der Waals surface area contributed by atoms with Crippen LogP contribution in [-0.2, 0) is 25.6 Å². The Balaban J connectivity index is 1.47. The summed E-state index contributed by atoms with van der Waals surface area (Å²) < 4.78 is 0. The Morgan fingerprint density at radius 3 is 2.57 bits per heavy atom. The number of fused-ring (bicyclic) bond motifs is 1. The van der Waals surface area contributed by atoms with E-state index in [0.29, 0.717) is 23.4 Å². The molecule has 220 valence electrons. The number of halogens is 1. The first-order valence-electron chi connectivity index (χ1n) is 14.4. The van der Waals surface area contributed by atoms with E-state index in [-0.39, 0.29) is 37.5 Å². The molecule has 3 aromatic carbocycles. The first-order chi connectivity index (χ1) is 20.2. The Bertz CT molecular complexity index is 1490. The van der Waals surface area contributed by atoms with E-state index < -0.39 is 29.8 Å². The van der Waals surface area contributed by atoms with Gasteiger partial charge in [0.1, 0.15) is 12.1 Å². The summed E-state index contributed by atoms with van der Waals surface area (Å²) in [6.07, 6.45) is 2.27. The van der Waals surface area contributed by atoms with Gasteiger partial charge in [-0.15, -0.1) is 0 Å². The van der Waals surface area contributed by atoms with Crippen molar-refractivity contribution in [2.24, 2.45) is 5.73 Å². The number of nitrogens with two attached hydrogens (primary N) is 1. The van der Waals surface area contributed by atoms with Crippen LogP contribution in [0.1, 0.15) is 43.4 Å². The maximum atomic E-state index is 14.4. The molecule has 2 saturated heterocycles. The number of nitrogens with one attached hydrogen (secondary N) is 2. The third kappa shape index (κ3) is 6.27.